The lowest BCUT2D eigenvalue weighted by atomic mass is 9.84. The number of nitrogens with one attached hydrogen (secondary N) is 1. The molecule has 0 heterocycles. The van der Waals surface area contributed by atoms with Crippen LogP contribution in [-0.4, -0.2) is 23.5 Å². The maximum Gasteiger partial charge on any atom is 0.312 e. The normalized spacial score (nSPS) is 11.1. The fourth-order valence-electron chi connectivity index (χ4n) is 1.52. The molecule has 2 N–H and O–H groups in total. The average molecular weight is 253 g/mol. The van der Waals surface area contributed by atoms with Crippen molar-refractivity contribution in [2.45, 2.75) is 25.7 Å². The lowest BCUT2D eigenvalue weighted by Gasteiger charge is -2.25. The molecule has 0 bridgehead atoms. The van der Waals surface area contributed by atoms with E-state index >= 15 is 0 Å². The Balaban J connectivity index is 2.62. The Hall–Kier alpha value is -1.91. The van der Waals surface area contributed by atoms with E-state index in [-0.39, 0.29) is 11.2 Å². The summed E-state index contributed by atoms with van der Waals surface area (Å²) in [4.78, 5) is 21.6. The summed E-state index contributed by atoms with van der Waals surface area (Å²) in [6, 6.07) is 6.02. The van der Waals surface area contributed by atoms with Gasteiger partial charge in [-0.25, -0.2) is 4.39 Å². The highest BCUT2D eigenvalue weighted by Crippen LogP contribution is 2.22. The van der Waals surface area contributed by atoms with Gasteiger partial charge in [-0.3, -0.25) is 9.59 Å². The fourth-order valence-corrected chi connectivity index (χ4v) is 1.52. The van der Waals surface area contributed by atoms with Crippen molar-refractivity contribution in [3.05, 3.63) is 35.6 Å². The molecule has 98 valence electrons. The highest BCUT2D eigenvalue weighted by atomic mass is 19.1. The van der Waals surface area contributed by atoms with E-state index in [0.717, 1.165) is 5.56 Å². The third kappa shape index (κ3) is 4.16. The van der Waals surface area contributed by atoms with Crippen LogP contribution in [0.25, 0.3) is 0 Å². The zero-order chi connectivity index (χ0) is 13.8. The minimum absolute atomic E-state index is 0.296. The van der Waals surface area contributed by atoms with E-state index in [1.165, 1.54) is 12.1 Å². The van der Waals surface area contributed by atoms with Crippen LogP contribution in [0.5, 0.6) is 0 Å². The summed E-state index contributed by atoms with van der Waals surface area (Å²) in [5.74, 6) is -2.01. The molecule has 1 aromatic carbocycles. The van der Waals surface area contributed by atoms with E-state index in [9.17, 15) is 14.0 Å². The zero-order valence-corrected chi connectivity index (χ0v) is 10.4. The summed E-state index contributed by atoms with van der Waals surface area (Å²) in [7, 11) is 0. The second-order valence-corrected chi connectivity index (χ2v) is 4.74. The highest BCUT2D eigenvalue weighted by Gasteiger charge is 2.21. The summed E-state index contributed by atoms with van der Waals surface area (Å²) < 4.78 is 12.8. The molecule has 4 nitrogen and oxygen atoms in total. The number of benzene rings is 1. The molecule has 0 atom stereocenters. The largest absolute Gasteiger partial charge is 0.481 e. The van der Waals surface area contributed by atoms with Crippen molar-refractivity contribution in [2.24, 2.45) is 0 Å². The molecule has 1 amide bonds. The Morgan fingerprint density at radius 1 is 1.28 bits per heavy atom. The van der Waals surface area contributed by atoms with Gasteiger partial charge in [-0.2, -0.15) is 0 Å². The van der Waals surface area contributed by atoms with Gasteiger partial charge in [0.05, 0.1) is 0 Å². The molecule has 5 heteroatoms. The maximum atomic E-state index is 12.8. The van der Waals surface area contributed by atoms with Crippen molar-refractivity contribution >= 4 is 11.9 Å². The molecule has 18 heavy (non-hydrogen) atoms. The molecule has 0 saturated heterocycles. The van der Waals surface area contributed by atoms with E-state index in [2.05, 4.69) is 5.32 Å². The number of amides is 1. The second kappa shape index (κ2) is 5.62. The van der Waals surface area contributed by atoms with Crippen LogP contribution in [0.1, 0.15) is 25.8 Å². The quantitative estimate of drug-likeness (QED) is 0.785. The van der Waals surface area contributed by atoms with E-state index in [0.29, 0.717) is 6.54 Å². The molecule has 0 aromatic heterocycles. The van der Waals surface area contributed by atoms with E-state index in [1.807, 2.05) is 13.8 Å². The van der Waals surface area contributed by atoms with Crippen LogP contribution in [0.15, 0.2) is 24.3 Å². The number of aliphatic carboxylic acids is 1. The highest BCUT2D eigenvalue weighted by molar-refractivity contribution is 5.93. The lowest BCUT2D eigenvalue weighted by molar-refractivity contribution is -0.140. The summed E-state index contributed by atoms with van der Waals surface area (Å²) >= 11 is 0. The molecule has 0 saturated carbocycles. The van der Waals surface area contributed by atoms with Gasteiger partial charge in [-0.05, 0) is 17.7 Å². The van der Waals surface area contributed by atoms with Gasteiger partial charge in [-0.15, -0.1) is 0 Å². The monoisotopic (exact) mass is 253 g/mol. The summed E-state index contributed by atoms with van der Waals surface area (Å²) in [5, 5.41) is 11.0. The van der Waals surface area contributed by atoms with Crippen molar-refractivity contribution < 1.29 is 19.1 Å². The molecule has 0 radical (unpaired) electrons. The molecule has 1 aromatic rings. The Labute approximate surface area is 105 Å². The average Bonchev–Trinajstić information content (AvgIpc) is 2.26. The number of carbonyl (C=O) groups is 2. The van der Waals surface area contributed by atoms with E-state index in [4.69, 9.17) is 5.11 Å². The molecular weight excluding hydrogens is 237 g/mol. The summed E-state index contributed by atoms with van der Waals surface area (Å²) in [5.41, 5.74) is 0.488. The lowest BCUT2D eigenvalue weighted by Crippen LogP contribution is -2.37. The molecule has 1 rings (SSSR count). The predicted octanol–water partition coefficient (Wildman–Crippen LogP) is 1.69. The molecule has 0 aliphatic rings. The topological polar surface area (TPSA) is 66.4 Å². The van der Waals surface area contributed by atoms with Crippen molar-refractivity contribution in [2.75, 3.05) is 6.54 Å². The summed E-state index contributed by atoms with van der Waals surface area (Å²) in [6.45, 7) is 4.08. The second-order valence-electron chi connectivity index (χ2n) is 4.74. The molecule has 0 unspecified atom stereocenters. The van der Waals surface area contributed by atoms with Gasteiger partial charge >= 0.3 is 5.97 Å². The number of halogens is 1. The number of carboxylic acids is 1. The van der Waals surface area contributed by atoms with Gasteiger partial charge in [0.25, 0.3) is 0 Å². The molecule has 0 aliphatic heterocycles. The van der Waals surface area contributed by atoms with Crippen LogP contribution in [0.4, 0.5) is 4.39 Å². The fraction of sp³-hybridized carbons (Fsp3) is 0.385. The number of carbonyl (C=O) groups excluding carboxylic acids is 1. The predicted molar refractivity (Wildman–Crippen MR) is 64.7 cm³/mol. The molecule has 0 fully saturated rings. The van der Waals surface area contributed by atoms with Crippen LogP contribution >= 0.6 is 0 Å². The SMILES string of the molecule is CC(C)(CNC(=O)CC(=O)O)c1ccc(F)cc1. The van der Waals surface area contributed by atoms with E-state index in [1.54, 1.807) is 12.1 Å². The first-order valence-corrected chi connectivity index (χ1v) is 5.56. The van der Waals surface area contributed by atoms with Crippen LogP contribution < -0.4 is 5.32 Å². The van der Waals surface area contributed by atoms with Crippen LogP contribution in [0.3, 0.4) is 0 Å². The maximum absolute atomic E-state index is 12.8. The van der Waals surface area contributed by atoms with Crippen LogP contribution in [0, 0.1) is 5.82 Å². The number of hydrogen-bond acceptors (Lipinski definition) is 2. The van der Waals surface area contributed by atoms with Crippen molar-refractivity contribution in [3.8, 4) is 0 Å². The van der Waals surface area contributed by atoms with Crippen molar-refractivity contribution in [3.63, 3.8) is 0 Å². The van der Waals surface area contributed by atoms with Gasteiger partial charge < -0.3 is 10.4 Å². The zero-order valence-electron chi connectivity index (χ0n) is 10.4. The van der Waals surface area contributed by atoms with Crippen molar-refractivity contribution in [1.29, 1.82) is 0 Å². The first kappa shape index (κ1) is 14.2. The Morgan fingerprint density at radius 3 is 2.33 bits per heavy atom. The van der Waals surface area contributed by atoms with Gasteiger partial charge in [-0.1, -0.05) is 26.0 Å². The minimum atomic E-state index is -1.16. The van der Waals surface area contributed by atoms with Crippen LogP contribution in [-0.2, 0) is 15.0 Å². The van der Waals surface area contributed by atoms with Gasteiger partial charge in [0.2, 0.25) is 5.91 Å². The first-order valence-electron chi connectivity index (χ1n) is 5.56. The van der Waals surface area contributed by atoms with Crippen LogP contribution in [0.2, 0.25) is 0 Å². The third-order valence-corrected chi connectivity index (χ3v) is 2.66. The Morgan fingerprint density at radius 2 is 1.83 bits per heavy atom. The third-order valence-electron chi connectivity index (χ3n) is 2.66. The Kier molecular flexibility index (Phi) is 4.42. The van der Waals surface area contributed by atoms with Crippen molar-refractivity contribution in [1.82, 2.24) is 5.32 Å². The van der Waals surface area contributed by atoms with Gasteiger partial charge in [0.1, 0.15) is 12.2 Å². The standard InChI is InChI=1S/C13H16FNO3/c1-13(2,8-15-11(16)7-12(17)18)9-3-5-10(14)6-4-9/h3-6H,7-8H2,1-2H3,(H,15,16)(H,17,18). The molecular formula is C13H16FNO3. The number of carboxylic acid groups (broad SMARTS) is 1. The smallest absolute Gasteiger partial charge is 0.312 e. The summed E-state index contributed by atoms with van der Waals surface area (Å²) in [6.07, 6.45) is -0.542. The van der Waals surface area contributed by atoms with E-state index < -0.39 is 18.3 Å². The number of rotatable bonds is 5. The first-order chi connectivity index (χ1) is 8.31. The Bertz CT molecular complexity index is 440. The van der Waals surface area contributed by atoms with Gasteiger partial charge in [0, 0.05) is 12.0 Å². The minimum Gasteiger partial charge on any atom is -0.481 e. The number of hydrogen-bond donors (Lipinski definition) is 2. The molecule has 0 aliphatic carbocycles. The van der Waals surface area contributed by atoms with Gasteiger partial charge in [0.15, 0.2) is 0 Å². The molecule has 0 spiro atoms.